The van der Waals surface area contributed by atoms with Crippen molar-refractivity contribution in [2.45, 2.75) is 20.5 Å². The standard InChI is InChI=1S/C8H10O.C2H4O2/c1-7-2-4-8(6-9)5-3-7;1-2(3)4/h2-5,9H,6H2,1H3;1H3,(H,3,4). The summed E-state index contributed by atoms with van der Waals surface area (Å²) in [5.74, 6) is -0.833. The topological polar surface area (TPSA) is 57.5 Å². The van der Waals surface area contributed by atoms with E-state index in [4.69, 9.17) is 15.0 Å². The molecule has 0 heterocycles. The molecule has 13 heavy (non-hydrogen) atoms. The number of carboxylic acid groups (broad SMARTS) is 1. The minimum absolute atomic E-state index is 0.139. The second-order valence-corrected chi connectivity index (χ2v) is 2.66. The van der Waals surface area contributed by atoms with E-state index in [0.717, 1.165) is 12.5 Å². The average Bonchev–Trinajstić information content (AvgIpc) is 2.05. The number of hydrogen-bond donors (Lipinski definition) is 2. The number of hydrogen-bond acceptors (Lipinski definition) is 2. The lowest BCUT2D eigenvalue weighted by atomic mass is 10.2. The largest absolute Gasteiger partial charge is 0.481 e. The highest BCUT2D eigenvalue weighted by atomic mass is 16.4. The lowest BCUT2D eigenvalue weighted by Gasteiger charge is -1.93. The Morgan fingerprint density at radius 1 is 1.31 bits per heavy atom. The van der Waals surface area contributed by atoms with Crippen LogP contribution in [0.2, 0.25) is 0 Å². The van der Waals surface area contributed by atoms with E-state index in [2.05, 4.69) is 0 Å². The van der Waals surface area contributed by atoms with Gasteiger partial charge in [-0.15, -0.1) is 0 Å². The average molecular weight is 182 g/mol. The molecule has 1 aromatic carbocycles. The molecule has 0 aromatic heterocycles. The van der Waals surface area contributed by atoms with Crippen LogP contribution in [0.4, 0.5) is 0 Å². The fourth-order valence-electron chi connectivity index (χ4n) is 0.693. The molecule has 0 radical (unpaired) electrons. The Hall–Kier alpha value is -1.35. The summed E-state index contributed by atoms with van der Waals surface area (Å²) < 4.78 is 0. The Morgan fingerprint density at radius 2 is 1.69 bits per heavy atom. The van der Waals surface area contributed by atoms with Gasteiger partial charge in [0, 0.05) is 6.92 Å². The Balaban J connectivity index is 0.000000310. The van der Waals surface area contributed by atoms with Crippen LogP contribution >= 0.6 is 0 Å². The van der Waals surface area contributed by atoms with Crippen molar-refractivity contribution in [2.24, 2.45) is 0 Å². The van der Waals surface area contributed by atoms with Crippen LogP contribution in [0, 0.1) is 6.92 Å². The molecule has 0 bridgehead atoms. The van der Waals surface area contributed by atoms with Gasteiger partial charge in [-0.2, -0.15) is 0 Å². The van der Waals surface area contributed by atoms with Crippen LogP contribution in [0.15, 0.2) is 24.3 Å². The van der Waals surface area contributed by atoms with E-state index < -0.39 is 5.97 Å². The van der Waals surface area contributed by atoms with Crippen LogP contribution < -0.4 is 0 Å². The molecule has 0 aliphatic rings. The zero-order chi connectivity index (χ0) is 10.3. The SMILES string of the molecule is CC(=O)O.Cc1ccc(CO)cc1. The minimum atomic E-state index is -0.833. The van der Waals surface area contributed by atoms with E-state index in [1.807, 2.05) is 31.2 Å². The maximum absolute atomic E-state index is 9.00. The first-order chi connectivity index (χ1) is 6.06. The summed E-state index contributed by atoms with van der Waals surface area (Å²) in [6, 6.07) is 7.84. The normalized spacial score (nSPS) is 8.54. The van der Waals surface area contributed by atoms with Gasteiger partial charge in [0.2, 0.25) is 0 Å². The zero-order valence-corrected chi connectivity index (χ0v) is 7.82. The summed E-state index contributed by atoms with van der Waals surface area (Å²) in [7, 11) is 0. The Morgan fingerprint density at radius 3 is 2.00 bits per heavy atom. The third-order valence-electron chi connectivity index (χ3n) is 1.30. The van der Waals surface area contributed by atoms with Crippen LogP contribution in [-0.4, -0.2) is 16.2 Å². The molecule has 2 N–H and O–H groups in total. The highest BCUT2D eigenvalue weighted by Gasteiger charge is 1.85. The van der Waals surface area contributed by atoms with E-state index in [9.17, 15) is 0 Å². The molecule has 0 unspecified atom stereocenters. The van der Waals surface area contributed by atoms with Crippen molar-refractivity contribution in [3.8, 4) is 0 Å². The zero-order valence-electron chi connectivity index (χ0n) is 7.82. The highest BCUT2D eigenvalue weighted by molar-refractivity contribution is 5.62. The molecule has 0 aliphatic carbocycles. The predicted molar refractivity (Wildman–Crippen MR) is 50.4 cm³/mol. The summed E-state index contributed by atoms with van der Waals surface area (Å²) in [6.45, 7) is 3.25. The third-order valence-corrected chi connectivity index (χ3v) is 1.30. The Kier molecular flexibility index (Phi) is 5.55. The van der Waals surface area contributed by atoms with Crippen LogP contribution in [0.3, 0.4) is 0 Å². The summed E-state index contributed by atoms with van der Waals surface area (Å²) >= 11 is 0. The van der Waals surface area contributed by atoms with Crippen molar-refractivity contribution in [3.05, 3.63) is 35.4 Å². The van der Waals surface area contributed by atoms with E-state index in [0.29, 0.717) is 0 Å². The molecule has 0 saturated carbocycles. The lowest BCUT2D eigenvalue weighted by molar-refractivity contribution is -0.134. The Labute approximate surface area is 77.6 Å². The number of carboxylic acids is 1. The maximum Gasteiger partial charge on any atom is 0.300 e. The van der Waals surface area contributed by atoms with E-state index in [1.165, 1.54) is 5.56 Å². The second-order valence-electron chi connectivity index (χ2n) is 2.66. The van der Waals surface area contributed by atoms with E-state index in [1.54, 1.807) is 0 Å². The second kappa shape index (κ2) is 6.20. The van der Waals surface area contributed by atoms with Crippen molar-refractivity contribution in [2.75, 3.05) is 0 Å². The van der Waals surface area contributed by atoms with Gasteiger partial charge >= 0.3 is 0 Å². The first-order valence-electron chi connectivity index (χ1n) is 3.92. The number of carbonyl (C=O) groups is 1. The lowest BCUT2D eigenvalue weighted by Crippen LogP contribution is -1.80. The molecular weight excluding hydrogens is 168 g/mol. The van der Waals surface area contributed by atoms with E-state index >= 15 is 0 Å². The van der Waals surface area contributed by atoms with Gasteiger partial charge in [0.25, 0.3) is 5.97 Å². The molecule has 0 aliphatic heterocycles. The van der Waals surface area contributed by atoms with Gasteiger partial charge in [-0.1, -0.05) is 29.8 Å². The molecule has 3 nitrogen and oxygen atoms in total. The molecule has 1 rings (SSSR count). The summed E-state index contributed by atoms with van der Waals surface area (Å²) in [5, 5.41) is 16.0. The number of aliphatic hydroxyl groups is 1. The summed E-state index contributed by atoms with van der Waals surface area (Å²) in [4.78, 5) is 9.00. The van der Waals surface area contributed by atoms with Crippen molar-refractivity contribution in [1.82, 2.24) is 0 Å². The molecule has 0 spiro atoms. The molecule has 1 aromatic rings. The number of aryl methyl sites for hydroxylation is 1. The van der Waals surface area contributed by atoms with Gasteiger partial charge in [0.1, 0.15) is 0 Å². The van der Waals surface area contributed by atoms with Gasteiger partial charge in [-0.05, 0) is 12.5 Å². The fourth-order valence-corrected chi connectivity index (χ4v) is 0.693. The summed E-state index contributed by atoms with van der Waals surface area (Å²) in [5.41, 5.74) is 2.20. The van der Waals surface area contributed by atoms with Gasteiger partial charge in [-0.3, -0.25) is 4.79 Å². The molecular formula is C10H14O3. The fraction of sp³-hybridized carbons (Fsp3) is 0.300. The van der Waals surface area contributed by atoms with Crippen molar-refractivity contribution in [3.63, 3.8) is 0 Å². The van der Waals surface area contributed by atoms with Crippen LogP contribution in [0.1, 0.15) is 18.1 Å². The Bertz CT molecular complexity index is 247. The molecule has 0 saturated heterocycles. The molecule has 72 valence electrons. The van der Waals surface area contributed by atoms with Crippen molar-refractivity contribution < 1.29 is 15.0 Å². The van der Waals surface area contributed by atoms with Crippen LogP contribution in [-0.2, 0) is 11.4 Å². The first kappa shape index (κ1) is 11.6. The highest BCUT2D eigenvalue weighted by Crippen LogP contribution is 2.01. The number of benzene rings is 1. The van der Waals surface area contributed by atoms with E-state index in [-0.39, 0.29) is 6.61 Å². The monoisotopic (exact) mass is 182 g/mol. The molecule has 0 amide bonds. The third kappa shape index (κ3) is 7.03. The summed E-state index contributed by atoms with van der Waals surface area (Å²) in [6.07, 6.45) is 0. The number of aliphatic carboxylic acids is 1. The predicted octanol–water partition coefficient (Wildman–Crippen LogP) is 1.58. The van der Waals surface area contributed by atoms with Gasteiger partial charge in [0.05, 0.1) is 6.61 Å². The van der Waals surface area contributed by atoms with Gasteiger partial charge in [0.15, 0.2) is 0 Å². The number of aliphatic hydroxyl groups excluding tert-OH is 1. The van der Waals surface area contributed by atoms with Gasteiger partial charge in [-0.25, -0.2) is 0 Å². The molecule has 3 heteroatoms. The minimum Gasteiger partial charge on any atom is -0.481 e. The van der Waals surface area contributed by atoms with Crippen molar-refractivity contribution in [1.29, 1.82) is 0 Å². The first-order valence-corrected chi connectivity index (χ1v) is 3.92. The maximum atomic E-state index is 9.00. The quantitative estimate of drug-likeness (QED) is 0.693. The number of rotatable bonds is 1. The molecule has 0 atom stereocenters. The van der Waals surface area contributed by atoms with Crippen LogP contribution in [0.5, 0.6) is 0 Å². The van der Waals surface area contributed by atoms with Crippen LogP contribution in [0.25, 0.3) is 0 Å². The smallest absolute Gasteiger partial charge is 0.300 e. The van der Waals surface area contributed by atoms with Crippen molar-refractivity contribution >= 4 is 5.97 Å². The van der Waals surface area contributed by atoms with Gasteiger partial charge < -0.3 is 10.2 Å². The molecule has 0 fully saturated rings.